The fraction of sp³-hybridized carbons (Fsp3) is 0.360. The van der Waals surface area contributed by atoms with Crippen LogP contribution in [0.2, 0.25) is 0 Å². The number of likely N-dealkylation sites (tertiary alicyclic amines) is 1. The van der Waals surface area contributed by atoms with Gasteiger partial charge in [-0.15, -0.1) is 0 Å². The Kier molecular flexibility index (Phi) is 6.67. The molecule has 0 radical (unpaired) electrons. The number of ether oxygens (including phenoxy) is 1. The monoisotopic (exact) mass is 419 g/mol. The molecule has 0 bridgehead atoms. The first-order valence-electron chi connectivity index (χ1n) is 10.9. The maximum atomic E-state index is 11.2. The molecular formula is C25H29N3O3. The number of carboxylic acids is 1. The molecule has 3 aromatic rings. The van der Waals surface area contributed by atoms with Crippen molar-refractivity contribution >= 4 is 28.2 Å². The molecule has 162 valence electrons. The molecule has 2 aromatic carbocycles. The maximum Gasteiger partial charge on any atom is 0.306 e. The van der Waals surface area contributed by atoms with Gasteiger partial charge >= 0.3 is 5.97 Å². The average molecular weight is 420 g/mol. The van der Waals surface area contributed by atoms with Gasteiger partial charge in [-0.3, -0.25) is 14.7 Å². The standard InChI is InChI=1S/C25H29N3O3/c1-18-16-24(22-9-2-3-10-23(22)26-18)27-20-7-4-8-21(17-20)31-15-14-28-12-5-6-19(11-13-28)25(29)30/h2-4,7-10,16-17,19H,5-6,11-15H2,1H3,(H,26,27)(H,29,30). The molecule has 31 heavy (non-hydrogen) atoms. The first-order chi connectivity index (χ1) is 15.1. The first kappa shape index (κ1) is 21.1. The zero-order valence-corrected chi connectivity index (χ0v) is 17.9. The molecule has 1 unspecified atom stereocenters. The highest BCUT2D eigenvalue weighted by atomic mass is 16.5. The zero-order chi connectivity index (χ0) is 21.6. The lowest BCUT2D eigenvalue weighted by atomic mass is 10.0. The van der Waals surface area contributed by atoms with Gasteiger partial charge in [0.2, 0.25) is 0 Å². The van der Waals surface area contributed by atoms with Gasteiger partial charge in [-0.25, -0.2) is 0 Å². The number of nitrogens with zero attached hydrogens (tertiary/aromatic N) is 2. The van der Waals surface area contributed by atoms with Gasteiger partial charge < -0.3 is 15.2 Å². The van der Waals surface area contributed by atoms with E-state index in [-0.39, 0.29) is 5.92 Å². The lowest BCUT2D eigenvalue weighted by Crippen LogP contribution is -2.29. The number of aryl methyl sites for hydroxylation is 1. The minimum absolute atomic E-state index is 0.207. The number of benzene rings is 2. The third kappa shape index (κ3) is 5.52. The van der Waals surface area contributed by atoms with Crippen molar-refractivity contribution in [2.45, 2.75) is 26.2 Å². The van der Waals surface area contributed by atoms with Crippen LogP contribution in [-0.4, -0.2) is 47.2 Å². The summed E-state index contributed by atoms with van der Waals surface area (Å²) in [6.07, 6.45) is 2.41. The lowest BCUT2D eigenvalue weighted by molar-refractivity contribution is -0.142. The molecular weight excluding hydrogens is 390 g/mol. The summed E-state index contributed by atoms with van der Waals surface area (Å²) in [6, 6.07) is 18.1. The van der Waals surface area contributed by atoms with Crippen LogP contribution in [0.25, 0.3) is 10.9 Å². The fourth-order valence-electron chi connectivity index (χ4n) is 4.15. The molecule has 0 spiro atoms. The second-order valence-corrected chi connectivity index (χ2v) is 8.14. The van der Waals surface area contributed by atoms with E-state index in [0.29, 0.717) is 13.0 Å². The molecule has 1 aromatic heterocycles. The number of rotatable bonds is 7. The maximum absolute atomic E-state index is 11.2. The van der Waals surface area contributed by atoms with Crippen molar-refractivity contribution in [1.82, 2.24) is 9.88 Å². The summed E-state index contributed by atoms with van der Waals surface area (Å²) in [5.74, 6) is -0.0560. The Hall–Kier alpha value is -3.12. The van der Waals surface area contributed by atoms with Gasteiger partial charge in [0.1, 0.15) is 12.4 Å². The van der Waals surface area contributed by atoms with E-state index in [9.17, 15) is 9.90 Å². The summed E-state index contributed by atoms with van der Waals surface area (Å²) < 4.78 is 6.00. The van der Waals surface area contributed by atoms with E-state index in [1.165, 1.54) is 0 Å². The predicted molar refractivity (Wildman–Crippen MR) is 123 cm³/mol. The highest BCUT2D eigenvalue weighted by Gasteiger charge is 2.22. The number of pyridine rings is 1. The van der Waals surface area contributed by atoms with Gasteiger partial charge in [0, 0.05) is 35.1 Å². The molecule has 0 amide bonds. The molecule has 0 aliphatic carbocycles. The van der Waals surface area contributed by atoms with Crippen LogP contribution in [0.15, 0.2) is 54.6 Å². The fourth-order valence-corrected chi connectivity index (χ4v) is 4.15. The predicted octanol–water partition coefficient (Wildman–Crippen LogP) is 4.85. The van der Waals surface area contributed by atoms with Gasteiger partial charge in [0.25, 0.3) is 0 Å². The molecule has 2 N–H and O–H groups in total. The molecule has 6 nitrogen and oxygen atoms in total. The van der Waals surface area contributed by atoms with Crippen LogP contribution in [-0.2, 0) is 4.79 Å². The molecule has 1 atom stereocenters. The first-order valence-corrected chi connectivity index (χ1v) is 10.9. The van der Waals surface area contributed by atoms with Crippen molar-refractivity contribution in [3.05, 3.63) is 60.3 Å². The number of para-hydroxylation sites is 1. The topological polar surface area (TPSA) is 74.7 Å². The SMILES string of the molecule is Cc1cc(Nc2cccc(OCCN3CCCC(C(=O)O)CC3)c2)c2ccccc2n1. The van der Waals surface area contributed by atoms with Crippen LogP contribution in [0.5, 0.6) is 5.75 Å². The number of nitrogens with one attached hydrogen (secondary N) is 1. The molecule has 6 heteroatoms. The van der Waals surface area contributed by atoms with E-state index in [0.717, 1.165) is 66.2 Å². The smallest absolute Gasteiger partial charge is 0.306 e. The lowest BCUT2D eigenvalue weighted by Gasteiger charge is -2.20. The van der Waals surface area contributed by atoms with Crippen LogP contribution in [0.1, 0.15) is 25.0 Å². The number of hydrogen-bond donors (Lipinski definition) is 2. The van der Waals surface area contributed by atoms with E-state index in [2.05, 4.69) is 27.3 Å². The largest absolute Gasteiger partial charge is 0.492 e. The zero-order valence-electron chi connectivity index (χ0n) is 17.9. The molecule has 0 saturated carbocycles. The minimum atomic E-state index is -0.667. The van der Waals surface area contributed by atoms with Crippen molar-refractivity contribution < 1.29 is 14.6 Å². The van der Waals surface area contributed by atoms with Gasteiger partial charge in [-0.1, -0.05) is 24.3 Å². The molecule has 1 aliphatic rings. The van der Waals surface area contributed by atoms with Crippen LogP contribution >= 0.6 is 0 Å². The molecule has 1 fully saturated rings. The van der Waals surface area contributed by atoms with Gasteiger partial charge in [-0.05, 0) is 63.5 Å². The molecule has 1 saturated heterocycles. The second-order valence-electron chi connectivity index (χ2n) is 8.14. The summed E-state index contributed by atoms with van der Waals surface area (Å²) in [4.78, 5) is 18.1. The summed E-state index contributed by atoms with van der Waals surface area (Å²) in [7, 11) is 0. The average Bonchev–Trinajstić information content (AvgIpc) is 3.00. The summed E-state index contributed by atoms with van der Waals surface area (Å²) in [5.41, 5.74) is 3.93. The van der Waals surface area contributed by atoms with E-state index in [4.69, 9.17) is 4.74 Å². The van der Waals surface area contributed by atoms with Crippen LogP contribution < -0.4 is 10.1 Å². The van der Waals surface area contributed by atoms with Crippen molar-refractivity contribution in [2.24, 2.45) is 5.92 Å². The summed E-state index contributed by atoms with van der Waals surface area (Å²) >= 11 is 0. The third-order valence-electron chi connectivity index (χ3n) is 5.80. The number of aromatic nitrogens is 1. The van der Waals surface area contributed by atoms with E-state index < -0.39 is 5.97 Å². The Labute approximate surface area is 182 Å². The number of carbonyl (C=O) groups is 1. The van der Waals surface area contributed by atoms with E-state index in [1.807, 2.05) is 49.4 Å². The number of aliphatic carboxylic acids is 1. The molecule has 4 rings (SSSR count). The number of hydrogen-bond acceptors (Lipinski definition) is 5. The Balaban J connectivity index is 1.36. The number of anilines is 2. The van der Waals surface area contributed by atoms with Crippen molar-refractivity contribution in [1.29, 1.82) is 0 Å². The normalized spacial score (nSPS) is 17.3. The number of fused-ring (bicyclic) bond motifs is 1. The van der Waals surface area contributed by atoms with Crippen molar-refractivity contribution in [3.63, 3.8) is 0 Å². The van der Waals surface area contributed by atoms with Crippen molar-refractivity contribution in [3.8, 4) is 5.75 Å². The molecule has 1 aliphatic heterocycles. The Morgan fingerprint density at radius 3 is 2.90 bits per heavy atom. The number of carboxylic acid groups (broad SMARTS) is 1. The Morgan fingerprint density at radius 2 is 2.03 bits per heavy atom. The molecule has 2 heterocycles. The van der Waals surface area contributed by atoms with E-state index >= 15 is 0 Å². The second kappa shape index (κ2) is 9.79. The van der Waals surface area contributed by atoms with Gasteiger partial charge in [0.15, 0.2) is 0 Å². The summed E-state index contributed by atoms with van der Waals surface area (Å²) in [6.45, 7) is 5.13. The minimum Gasteiger partial charge on any atom is -0.492 e. The summed E-state index contributed by atoms with van der Waals surface area (Å²) in [5, 5.41) is 13.8. The van der Waals surface area contributed by atoms with Crippen molar-refractivity contribution in [2.75, 3.05) is 31.6 Å². The van der Waals surface area contributed by atoms with Crippen LogP contribution in [0.3, 0.4) is 0 Å². The van der Waals surface area contributed by atoms with E-state index in [1.54, 1.807) is 0 Å². The Morgan fingerprint density at radius 1 is 1.16 bits per heavy atom. The van der Waals surface area contributed by atoms with Crippen LogP contribution in [0, 0.1) is 12.8 Å². The highest BCUT2D eigenvalue weighted by molar-refractivity contribution is 5.93. The van der Waals surface area contributed by atoms with Gasteiger partial charge in [0.05, 0.1) is 11.4 Å². The Bertz CT molecular complexity index is 1050. The highest BCUT2D eigenvalue weighted by Crippen LogP contribution is 2.28. The van der Waals surface area contributed by atoms with Crippen LogP contribution in [0.4, 0.5) is 11.4 Å². The quantitative estimate of drug-likeness (QED) is 0.570. The van der Waals surface area contributed by atoms with Gasteiger partial charge in [-0.2, -0.15) is 0 Å². The third-order valence-corrected chi connectivity index (χ3v) is 5.80.